The van der Waals surface area contributed by atoms with Gasteiger partial charge in [-0.2, -0.15) is 0 Å². The first-order valence-corrected chi connectivity index (χ1v) is 4.36. The van der Waals surface area contributed by atoms with Gasteiger partial charge in [-0.15, -0.1) is 0 Å². The van der Waals surface area contributed by atoms with Crippen LogP contribution in [0.4, 0.5) is 0 Å². The molecule has 1 aliphatic rings. The highest BCUT2D eigenvalue weighted by atomic mass is 14.0. The largest absolute Gasteiger partial charge is 0.0776 e. The van der Waals surface area contributed by atoms with Gasteiger partial charge in [0.15, 0.2) is 0 Å². The highest BCUT2D eigenvalue weighted by molar-refractivity contribution is 5.26. The van der Waals surface area contributed by atoms with Crippen LogP contribution in [0.2, 0.25) is 0 Å². The second-order valence-corrected chi connectivity index (χ2v) is 3.11. The zero-order valence-electron chi connectivity index (χ0n) is 7.38. The summed E-state index contributed by atoms with van der Waals surface area (Å²) in [6, 6.07) is 0. The molecule has 0 aliphatic heterocycles. The molecule has 11 heavy (non-hydrogen) atoms. The van der Waals surface area contributed by atoms with E-state index in [-0.39, 0.29) is 0 Å². The normalized spacial score (nSPS) is 23.1. The van der Waals surface area contributed by atoms with Crippen molar-refractivity contribution in [3.8, 4) is 0 Å². The minimum atomic E-state index is 0.661. The van der Waals surface area contributed by atoms with Gasteiger partial charge in [0, 0.05) is 0 Å². The van der Waals surface area contributed by atoms with E-state index in [0.29, 0.717) is 5.92 Å². The lowest BCUT2D eigenvalue weighted by Gasteiger charge is -2.02. The van der Waals surface area contributed by atoms with Gasteiger partial charge in [0.1, 0.15) is 0 Å². The average Bonchev–Trinajstić information content (AvgIpc) is 2.17. The third kappa shape index (κ3) is 2.75. The van der Waals surface area contributed by atoms with Gasteiger partial charge in [-0.1, -0.05) is 49.3 Å². The van der Waals surface area contributed by atoms with Crippen LogP contribution in [-0.2, 0) is 0 Å². The summed E-state index contributed by atoms with van der Waals surface area (Å²) in [5.74, 6) is 0.661. The first kappa shape index (κ1) is 8.32. The molecule has 1 unspecified atom stereocenters. The van der Waals surface area contributed by atoms with Crippen molar-refractivity contribution in [2.75, 3.05) is 0 Å². The molecule has 60 valence electrons. The van der Waals surface area contributed by atoms with Gasteiger partial charge >= 0.3 is 0 Å². The topological polar surface area (TPSA) is 0 Å². The molecule has 0 aromatic carbocycles. The Morgan fingerprint density at radius 3 is 2.91 bits per heavy atom. The molecule has 0 saturated carbocycles. The Morgan fingerprint density at radius 1 is 1.36 bits per heavy atom. The molecule has 0 heteroatoms. The van der Waals surface area contributed by atoms with Crippen molar-refractivity contribution >= 4 is 0 Å². The maximum Gasteiger partial charge on any atom is -0.00473 e. The smallest absolute Gasteiger partial charge is 0.00473 e. The molecule has 0 amide bonds. The summed E-state index contributed by atoms with van der Waals surface area (Å²) in [5, 5.41) is 0. The van der Waals surface area contributed by atoms with Crippen LogP contribution in [0.5, 0.6) is 0 Å². The quantitative estimate of drug-likeness (QED) is 0.562. The summed E-state index contributed by atoms with van der Waals surface area (Å²) in [6.45, 7) is 4.36. The first-order valence-electron chi connectivity index (χ1n) is 4.36. The summed E-state index contributed by atoms with van der Waals surface area (Å²) < 4.78 is 0. The van der Waals surface area contributed by atoms with Crippen molar-refractivity contribution < 1.29 is 0 Å². The predicted octanol–water partition coefficient (Wildman–Crippen LogP) is 3.48. The molecule has 0 aromatic rings. The average molecular weight is 148 g/mol. The first-order chi connectivity index (χ1) is 5.33. The highest BCUT2D eigenvalue weighted by Crippen LogP contribution is 2.14. The molecular weight excluding hydrogens is 132 g/mol. The van der Waals surface area contributed by atoms with E-state index >= 15 is 0 Å². The maximum atomic E-state index is 2.29. The summed E-state index contributed by atoms with van der Waals surface area (Å²) in [7, 11) is 0. The Hall–Kier alpha value is -0.780. The minimum absolute atomic E-state index is 0.661. The van der Waals surface area contributed by atoms with Gasteiger partial charge in [-0.25, -0.2) is 0 Å². The summed E-state index contributed by atoms with van der Waals surface area (Å²) in [4.78, 5) is 0. The van der Waals surface area contributed by atoms with Crippen LogP contribution >= 0.6 is 0 Å². The van der Waals surface area contributed by atoms with Gasteiger partial charge in [-0.3, -0.25) is 0 Å². The van der Waals surface area contributed by atoms with Crippen molar-refractivity contribution in [3.05, 3.63) is 36.0 Å². The molecule has 0 nitrogen and oxygen atoms in total. The lowest BCUT2D eigenvalue weighted by atomic mass is 10.0. The van der Waals surface area contributed by atoms with E-state index in [4.69, 9.17) is 0 Å². The molecule has 0 fully saturated rings. The van der Waals surface area contributed by atoms with E-state index in [1.807, 2.05) is 0 Å². The Bertz CT molecular complexity index is 194. The molecule has 0 aromatic heterocycles. The Labute approximate surface area is 69.3 Å². The van der Waals surface area contributed by atoms with Crippen LogP contribution in [-0.4, -0.2) is 0 Å². The molecule has 0 saturated heterocycles. The number of hydrogen-bond donors (Lipinski definition) is 0. The molecular formula is C11H16. The van der Waals surface area contributed by atoms with E-state index in [0.717, 1.165) is 0 Å². The fourth-order valence-corrected chi connectivity index (χ4v) is 1.27. The van der Waals surface area contributed by atoms with Crippen molar-refractivity contribution in [2.24, 2.45) is 5.92 Å². The fourth-order valence-electron chi connectivity index (χ4n) is 1.27. The van der Waals surface area contributed by atoms with Gasteiger partial charge in [0.25, 0.3) is 0 Å². The third-order valence-corrected chi connectivity index (χ3v) is 1.95. The second kappa shape index (κ2) is 4.17. The molecule has 0 bridgehead atoms. The van der Waals surface area contributed by atoms with Crippen molar-refractivity contribution in [1.82, 2.24) is 0 Å². The van der Waals surface area contributed by atoms with E-state index in [2.05, 4.69) is 44.2 Å². The van der Waals surface area contributed by atoms with E-state index in [1.165, 1.54) is 18.4 Å². The Kier molecular flexibility index (Phi) is 3.15. The van der Waals surface area contributed by atoms with Crippen LogP contribution in [0.1, 0.15) is 26.7 Å². The highest BCUT2D eigenvalue weighted by Gasteiger charge is 1.98. The number of allylic oxidation sites excluding steroid dienone is 6. The van der Waals surface area contributed by atoms with Crippen LogP contribution < -0.4 is 0 Å². The van der Waals surface area contributed by atoms with Crippen LogP contribution in [0.25, 0.3) is 0 Å². The summed E-state index contributed by atoms with van der Waals surface area (Å²) >= 11 is 0. The Morgan fingerprint density at radius 2 is 2.18 bits per heavy atom. The van der Waals surface area contributed by atoms with Crippen molar-refractivity contribution in [1.29, 1.82) is 0 Å². The molecule has 0 heterocycles. The summed E-state index contributed by atoms with van der Waals surface area (Å²) in [5.41, 5.74) is 1.35. The summed E-state index contributed by atoms with van der Waals surface area (Å²) in [6.07, 6.45) is 13.6. The van der Waals surface area contributed by atoms with Crippen LogP contribution in [0.15, 0.2) is 36.0 Å². The van der Waals surface area contributed by atoms with Crippen molar-refractivity contribution in [3.63, 3.8) is 0 Å². The van der Waals surface area contributed by atoms with Gasteiger partial charge < -0.3 is 0 Å². The SMILES string of the molecule is CCCC1C=CC=C(C)C=C1. The Balaban J connectivity index is 2.56. The maximum absolute atomic E-state index is 2.29. The van der Waals surface area contributed by atoms with E-state index in [9.17, 15) is 0 Å². The third-order valence-electron chi connectivity index (χ3n) is 1.95. The number of hydrogen-bond acceptors (Lipinski definition) is 0. The lowest BCUT2D eigenvalue weighted by Crippen LogP contribution is -1.88. The van der Waals surface area contributed by atoms with Crippen molar-refractivity contribution in [2.45, 2.75) is 26.7 Å². The lowest BCUT2D eigenvalue weighted by molar-refractivity contribution is 0.691. The zero-order valence-corrected chi connectivity index (χ0v) is 7.38. The van der Waals surface area contributed by atoms with Gasteiger partial charge in [0.2, 0.25) is 0 Å². The van der Waals surface area contributed by atoms with Gasteiger partial charge in [-0.05, 0) is 19.3 Å². The van der Waals surface area contributed by atoms with Crippen LogP contribution in [0.3, 0.4) is 0 Å². The van der Waals surface area contributed by atoms with Crippen LogP contribution in [0, 0.1) is 5.92 Å². The predicted molar refractivity (Wildman–Crippen MR) is 50.4 cm³/mol. The van der Waals surface area contributed by atoms with E-state index in [1.54, 1.807) is 0 Å². The molecule has 0 radical (unpaired) electrons. The monoisotopic (exact) mass is 148 g/mol. The fraction of sp³-hybridized carbons (Fsp3) is 0.455. The second-order valence-electron chi connectivity index (χ2n) is 3.11. The zero-order chi connectivity index (χ0) is 8.10. The van der Waals surface area contributed by atoms with Gasteiger partial charge in [0.05, 0.1) is 0 Å². The minimum Gasteiger partial charge on any atom is -0.0776 e. The number of rotatable bonds is 2. The standard InChI is InChI=1S/C11H16/c1-3-5-11-7-4-6-10(2)8-9-11/h4,6-9,11H,3,5H2,1-2H3. The molecule has 1 aliphatic carbocycles. The molecule has 0 N–H and O–H groups in total. The molecule has 1 atom stereocenters. The molecule has 1 rings (SSSR count). The van der Waals surface area contributed by atoms with E-state index < -0.39 is 0 Å². The molecule has 0 spiro atoms.